The molecule has 0 aliphatic heterocycles. The van der Waals surface area contributed by atoms with Crippen LogP contribution in [-0.2, 0) is 9.53 Å². The van der Waals surface area contributed by atoms with Crippen LogP contribution in [0.4, 0.5) is 0 Å². The molecule has 1 aliphatic carbocycles. The molecule has 1 aromatic rings. The van der Waals surface area contributed by atoms with Crippen molar-refractivity contribution in [1.29, 1.82) is 0 Å². The number of rotatable bonds is 2. The van der Waals surface area contributed by atoms with Crippen LogP contribution in [0.2, 0.25) is 19.6 Å². The van der Waals surface area contributed by atoms with Gasteiger partial charge in [-0.25, -0.2) is 0 Å². The molecule has 100 valence electrons. The molecule has 0 bridgehead atoms. The van der Waals surface area contributed by atoms with E-state index in [2.05, 4.69) is 55.4 Å². The molecular weight excluding hydrogens is 252 g/mol. The predicted octanol–water partition coefficient (Wildman–Crippen LogP) is 3.19. The molecule has 1 saturated carbocycles. The van der Waals surface area contributed by atoms with Crippen LogP contribution >= 0.6 is 0 Å². The predicted molar refractivity (Wildman–Crippen MR) is 79.5 cm³/mol. The summed E-state index contributed by atoms with van der Waals surface area (Å²) in [4.78, 5) is 11.4. The second kappa shape index (κ2) is 5.22. The molecule has 0 unspecified atom stereocenters. The van der Waals surface area contributed by atoms with Gasteiger partial charge in [0.05, 0.1) is 13.0 Å². The molecule has 0 spiro atoms. The highest BCUT2D eigenvalue weighted by Gasteiger charge is 2.44. The summed E-state index contributed by atoms with van der Waals surface area (Å²) in [6.07, 6.45) is 0.909. The Bertz CT molecular complexity index is 529. The van der Waals surface area contributed by atoms with E-state index in [1.165, 1.54) is 12.7 Å². The summed E-state index contributed by atoms with van der Waals surface area (Å²) in [6, 6.07) is 8.27. The topological polar surface area (TPSA) is 26.3 Å². The van der Waals surface area contributed by atoms with Crippen molar-refractivity contribution in [3.05, 3.63) is 35.4 Å². The molecule has 0 N–H and O–H groups in total. The summed E-state index contributed by atoms with van der Waals surface area (Å²) in [5.74, 6) is 3.54. The maximum atomic E-state index is 11.4. The zero-order valence-corrected chi connectivity index (χ0v) is 13.0. The lowest BCUT2D eigenvalue weighted by Gasteiger charge is -2.04. The summed E-state index contributed by atoms with van der Waals surface area (Å²) in [5.41, 5.74) is 5.63. The number of carbonyl (C=O) groups is 1. The SMILES string of the molecule is COC(=O)[C@@H]1C[C@H]1c1ccc(C#C[Si](C)(C)C)cc1. The van der Waals surface area contributed by atoms with Gasteiger partial charge in [0.2, 0.25) is 0 Å². The zero-order valence-electron chi connectivity index (χ0n) is 12.0. The van der Waals surface area contributed by atoms with Crippen molar-refractivity contribution < 1.29 is 9.53 Å². The van der Waals surface area contributed by atoms with Crippen molar-refractivity contribution in [3.8, 4) is 11.5 Å². The van der Waals surface area contributed by atoms with E-state index in [4.69, 9.17) is 4.74 Å². The normalized spacial score (nSPS) is 21.3. The number of benzene rings is 1. The Hall–Kier alpha value is -1.53. The lowest BCUT2D eigenvalue weighted by molar-refractivity contribution is -0.142. The fourth-order valence-corrected chi connectivity index (χ4v) is 2.57. The molecule has 0 amide bonds. The number of methoxy groups -OCH3 is 1. The van der Waals surface area contributed by atoms with Crippen LogP contribution in [-0.4, -0.2) is 21.2 Å². The van der Waals surface area contributed by atoms with E-state index < -0.39 is 8.07 Å². The fraction of sp³-hybridized carbons (Fsp3) is 0.438. The first-order chi connectivity index (χ1) is 8.90. The lowest BCUT2D eigenvalue weighted by atomic mass is 10.1. The van der Waals surface area contributed by atoms with E-state index in [1.54, 1.807) is 0 Å². The van der Waals surface area contributed by atoms with E-state index in [0.717, 1.165) is 12.0 Å². The van der Waals surface area contributed by atoms with Crippen LogP contribution in [0.25, 0.3) is 0 Å². The minimum atomic E-state index is -1.32. The average molecular weight is 272 g/mol. The fourth-order valence-electron chi connectivity index (χ4n) is 2.05. The number of ether oxygens (including phenoxy) is 1. The number of esters is 1. The van der Waals surface area contributed by atoms with Crippen molar-refractivity contribution >= 4 is 14.0 Å². The number of hydrogen-bond donors (Lipinski definition) is 0. The summed E-state index contributed by atoms with van der Waals surface area (Å²) in [6.45, 7) is 6.71. The highest BCUT2D eigenvalue weighted by molar-refractivity contribution is 6.83. The Morgan fingerprint density at radius 2 is 1.89 bits per heavy atom. The minimum Gasteiger partial charge on any atom is -0.469 e. The molecule has 0 aromatic heterocycles. The van der Waals surface area contributed by atoms with Gasteiger partial charge >= 0.3 is 5.97 Å². The van der Waals surface area contributed by atoms with Gasteiger partial charge in [0, 0.05) is 5.56 Å². The van der Waals surface area contributed by atoms with Crippen LogP contribution < -0.4 is 0 Å². The van der Waals surface area contributed by atoms with Gasteiger partial charge < -0.3 is 4.74 Å². The molecule has 1 aliphatic rings. The largest absolute Gasteiger partial charge is 0.469 e. The summed E-state index contributed by atoms with van der Waals surface area (Å²) >= 11 is 0. The molecule has 0 heterocycles. The number of carbonyl (C=O) groups excluding carboxylic acids is 1. The van der Waals surface area contributed by atoms with Gasteiger partial charge in [-0.1, -0.05) is 37.7 Å². The molecule has 1 fully saturated rings. The zero-order chi connectivity index (χ0) is 14.0. The van der Waals surface area contributed by atoms with Crippen LogP contribution in [0.5, 0.6) is 0 Å². The van der Waals surface area contributed by atoms with E-state index in [9.17, 15) is 4.79 Å². The molecule has 2 nitrogen and oxygen atoms in total. The molecule has 0 radical (unpaired) electrons. The van der Waals surface area contributed by atoms with Gasteiger partial charge in [-0.05, 0) is 30.0 Å². The molecule has 3 heteroatoms. The molecule has 2 rings (SSSR count). The van der Waals surface area contributed by atoms with Gasteiger partial charge in [-0.3, -0.25) is 4.79 Å². The first kappa shape index (κ1) is 13.9. The van der Waals surface area contributed by atoms with Gasteiger partial charge in [-0.2, -0.15) is 0 Å². The van der Waals surface area contributed by atoms with Crippen molar-refractivity contribution in [2.24, 2.45) is 5.92 Å². The molecular formula is C16H20O2Si. The van der Waals surface area contributed by atoms with Crippen LogP contribution in [0.3, 0.4) is 0 Å². The quantitative estimate of drug-likeness (QED) is 0.469. The Morgan fingerprint density at radius 1 is 1.26 bits per heavy atom. The summed E-state index contributed by atoms with van der Waals surface area (Å²) < 4.78 is 4.77. The molecule has 2 atom stereocenters. The third kappa shape index (κ3) is 3.71. The summed E-state index contributed by atoms with van der Waals surface area (Å²) in [7, 11) is 0.135. The van der Waals surface area contributed by atoms with Crippen molar-refractivity contribution in [2.75, 3.05) is 7.11 Å². The van der Waals surface area contributed by atoms with Gasteiger partial charge in [0.1, 0.15) is 8.07 Å². The van der Waals surface area contributed by atoms with E-state index in [1.807, 2.05) is 0 Å². The van der Waals surface area contributed by atoms with Crippen LogP contribution in [0, 0.1) is 17.4 Å². The summed E-state index contributed by atoms with van der Waals surface area (Å²) in [5, 5.41) is 0. The van der Waals surface area contributed by atoms with Crippen molar-refractivity contribution in [2.45, 2.75) is 32.0 Å². The Morgan fingerprint density at radius 3 is 2.42 bits per heavy atom. The second-order valence-electron chi connectivity index (χ2n) is 6.09. The standard InChI is InChI=1S/C16H20O2Si/c1-18-16(17)15-11-14(15)13-7-5-12(6-8-13)9-10-19(2,3)4/h5-8,14-15H,11H2,1-4H3/t14-,15+/m0/s1. The van der Waals surface area contributed by atoms with Gasteiger partial charge in [-0.15, -0.1) is 5.54 Å². The van der Waals surface area contributed by atoms with Crippen molar-refractivity contribution in [1.82, 2.24) is 0 Å². The van der Waals surface area contributed by atoms with E-state index in [0.29, 0.717) is 5.92 Å². The monoisotopic (exact) mass is 272 g/mol. The molecule has 0 saturated heterocycles. The third-order valence-electron chi connectivity index (χ3n) is 3.22. The van der Waals surface area contributed by atoms with E-state index in [-0.39, 0.29) is 11.9 Å². The Balaban J connectivity index is 2.04. The first-order valence-electron chi connectivity index (χ1n) is 6.62. The van der Waals surface area contributed by atoms with Crippen molar-refractivity contribution in [3.63, 3.8) is 0 Å². The second-order valence-corrected chi connectivity index (χ2v) is 10.8. The molecule has 19 heavy (non-hydrogen) atoms. The maximum absolute atomic E-state index is 11.4. The van der Waals surface area contributed by atoms with Crippen LogP contribution in [0.15, 0.2) is 24.3 Å². The number of hydrogen-bond acceptors (Lipinski definition) is 2. The van der Waals surface area contributed by atoms with Gasteiger partial charge in [0.25, 0.3) is 0 Å². The Kier molecular flexibility index (Phi) is 3.82. The smallest absolute Gasteiger partial charge is 0.309 e. The van der Waals surface area contributed by atoms with Crippen LogP contribution in [0.1, 0.15) is 23.5 Å². The van der Waals surface area contributed by atoms with E-state index >= 15 is 0 Å². The molecule has 1 aromatic carbocycles. The minimum absolute atomic E-state index is 0.0592. The maximum Gasteiger partial charge on any atom is 0.309 e. The first-order valence-corrected chi connectivity index (χ1v) is 10.1. The lowest BCUT2D eigenvalue weighted by Crippen LogP contribution is -2.16. The third-order valence-corrected chi connectivity index (χ3v) is 4.09. The van der Waals surface area contributed by atoms with Gasteiger partial charge in [0.15, 0.2) is 0 Å². The Labute approximate surface area is 116 Å². The average Bonchev–Trinajstić information content (AvgIpc) is 3.15. The highest BCUT2D eigenvalue weighted by atomic mass is 28.3. The highest BCUT2D eigenvalue weighted by Crippen LogP contribution is 2.47.